The molecule has 0 aliphatic carbocycles. The van der Waals surface area contributed by atoms with Gasteiger partial charge in [-0.05, 0) is 47.9 Å². The fraction of sp³-hybridized carbons (Fsp3) is 0.100. The molecule has 3 N–H and O–H groups in total. The fourth-order valence-electron chi connectivity index (χ4n) is 4.10. The van der Waals surface area contributed by atoms with E-state index in [2.05, 4.69) is 6.58 Å². The van der Waals surface area contributed by atoms with E-state index in [9.17, 15) is 38.9 Å². The molecule has 0 heterocycles. The zero-order valence-corrected chi connectivity index (χ0v) is 18.8. The number of benzene rings is 4. The summed E-state index contributed by atoms with van der Waals surface area (Å²) in [5, 5.41) is 0.471. The zero-order valence-electron chi connectivity index (χ0n) is 16.4. The average Bonchev–Trinajstić information content (AvgIpc) is 2.62. The van der Waals surface area contributed by atoms with Crippen LogP contribution in [0.5, 0.6) is 0 Å². The van der Waals surface area contributed by atoms with Gasteiger partial charge in [0.1, 0.15) is 14.7 Å². The number of allylic oxidation sites excluding steroid dienone is 1. The summed E-state index contributed by atoms with van der Waals surface area (Å²) in [5.41, 5.74) is 0.883. The van der Waals surface area contributed by atoms with Gasteiger partial charge in [-0.15, -0.1) is 0 Å². The predicted molar refractivity (Wildman–Crippen MR) is 118 cm³/mol. The Morgan fingerprint density at radius 2 is 1.25 bits per heavy atom. The molecule has 4 aromatic rings. The Hall–Kier alpha value is -2.61. The molecule has 0 spiro atoms. The Balaban J connectivity index is 2.47. The second-order valence-electron chi connectivity index (χ2n) is 7.54. The van der Waals surface area contributed by atoms with Crippen molar-refractivity contribution in [3.05, 3.63) is 54.1 Å². The summed E-state index contributed by atoms with van der Waals surface area (Å²) >= 11 is 0. The molecular weight excluding hydrogens is 480 g/mol. The minimum absolute atomic E-state index is 0.00350. The third kappa shape index (κ3) is 3.54. The summed E-state index contributed by atoms with van der Waals surface area (Å²) in [6.07, 6.45) is 0.0996. The lowest BCUT2D eigenvalue weighted by Crippen LogP contribution is -2.08. The van der Waals surface area contributed by atoms with Gasteiger partial charge in [0.2, 0.25) is 0 Å². The van der Waals surface area contributed by atoms with E-state index in [1.54, 1.807) is 6.92 Å². The topological polar surface area (TPSA) is 163 Å². The van der Waals surface area contributed by atoms with E-state index < -0.39 is 45.0 Å². The highest BCUT2D eigenvalue weighted by atomic mass is 32.2. The molecule has 0 aliphatic rings. The van der Waals surface area contributed by atoms with Gasteiger partial charge >= 0.3 is 0 Å². The highest BCUT2D eigenvalue weighted by molar-refractivity contribution is 7.87. The van der Waals surface area contributed by atoms with Crippen molar-refractivity contribution in [1.29, 1.82) is 0 Å². The Morgan fingerprint density at radius 1 is 0.719 bits per heavy atom. The maximum atomic E-state index is 12.1. The summed E-state index contributed by atoms with van der Waals surface area (Å²) in [6.45, 7) is 5.46. The van der Waals surface area contributed by atoms with Gasteiger partial charge in [0, 0.05) is 21.5 Å². The van der Waals surface area contributed by atoms with Gasteiger partial charge < -0.3 is 0 Å². The quantitative estimate of drug-likeness (QED) is 0.213. The number of hydrogen-bond acceptors (Lipinski definition) is 6. The number of hydrogen-bond donors (Lipinski definition) is 3. The van der Waals surface area contributed by atoms with Crippen molar-refractivity contribution >= 4 is 62.7 Å². The van der Waals surface area contributed by atoms with Crippen LogP contribution in [0.15, 0.2) is 63.2 Å². The molecule has 0 saturated heterocycles. The van der Waals surface area contributed by atoms with E-state index in [1.807, 2.05) is 0 Å². The monoisotopic (exact) mass is 496 g/mol. The SMILES string of the molecule is C=C(C)Cc1cc2c(S(=O)(=O)O)cc(S(=O)(=O)O)c3ccc4ccc(S(=O)(=O)O)c1c4c32. The van der Waals surface area contributed by atoms with Crippen molar-refractivity contribution in [3.63, 3.8) is 0 Å². The maximum absolute atomic E-state index is 12.1. The first-order valence-electron chi connectivity index (χ1n) is 8.95. The first-order chi connectivity index (χ1) is 14.6. The minimum Gasteiger partial charge on any atom is -0.282 e. The lowest BCUT2D eigenvalue weighted by Gasteiger charge is -2.19. The van der Waals surface area contributed by atoms with E-state index in [4.69, 9.17) is 0 Å². The van der Waals surface area contributed by atoms with Crippen LogP contribution in [0, 0.1) is 0 Å². The third-order valence-electron chi connectivity index (χ3n) is 5.18. The van der Waals surface area contributed by atoms with Crippen molar-refractivity contribution in [2.24, 2.45) is 0 Å². The van der Waals surface area contributed by atoms with Gasteiger partial charge in [-0.1, -0.05) is 30.4 Å². The largest absolute Gasteiger partial charge is 0.295 e. The van der Waals surface area contributed by atoms with Crippen LogP contribution < -0.4 is 0 Å². The van der Waals surface area contributed by atoms with E-state index in [-0.39, 0.29) is 33.4 Å². The molecule has 9 nitrogen and oxygen atoms in total. The Bertz CT molecular complexity index is 1780. The molecule has 168 valence electrons. The molecule has 0 aliphatic heterocycles. The molecule has 0 radical (unpaired) electrons. The van der Waals surface area contributed by atoms with Crippen molar-refractivity contribution < 1.29 is 38.9 Å². The first-order valence-corrected chi connectivity index (χ1v) is 13.3. The normalized spacial score (nSPS) is 13.4. The summed E-state index contributed by atoms with van der Waals surface area (Å²) in [5.74, 6) is 0. The van der Waals surface area contributed by atoms with Crippen LogP contribution in [0.25, 0.3) is 32.3 Å². The van der Waals surface area contributed by atoms with Gasteiger partial charge in [0.05, 0.1) is 0 Å². The van der Waals surface area contributed by atoms with E-state index in [0.29, 0.717) is 22.6 Å². The van der Waals surface area contributed by atoms with E-state index in [1.165, 1.54) is 30.3 Å². The Kier molecular flexibility index (Phi) is 4.90. The van der Waals surface area contributed by atoms with Gasteiger partial charge in [-0.25, -0.2) is 0 Å². The maximum Gasteiger partial charge on any atom is 0.295 e. The van der Waals surface area contributed by atoms with Gasteiger partial charge in [-0.2, -0.15) is 25.3 Å². The standard InChI is InChI=1S/C20H16O9S3/c1-10(2)7-12-8-14-17(32(27,28)29)9-16(31(24,25)26)13-5-3-11-4-6-15(30(21,22)23)18(12)19(11)20(13)14/h3-6,8-9H,1,7H2,2H3,(H,21,22,23)(H,24,25,26)(H,27,28,29). The van der Waals surface area contributed by atoms with Gasteiger partial charge in [0.25, 0.3) is 30.4 Å². The first kappa shape index (κ1) is 22.6. The predicted octanol–water partition coefficient (Wildman–Crippen LogP) is 3.44. The molecule has 0 bridgehead atoms. The molecule has 0 fully saturated rings. The molecule has 12 heteroatoms. The highest BCUT2D eigenvalue weighted by Crippen LogP contribution is 2.44. The third-order valence-corrected chi connectivity index (χ3v) is 7.86. The summed E-state index contributed by atoms with van der Waals surface area (Å²) < 4.78 is 102. The molecule has 32 heavy (non-hydrogen) atoms. The summed E-state index contributed by atoms with van der Waals surface area (Å²) in [4.78, 5) is -2.00. The Labute approximate surface area is 183 Å². The van der Waals surface area contributed by atoms with Crippen LogP contribution in [0.2, 0.25) is 0 Å². The van der Waals surface area contributed by atoms with Crippen LogP contribution in [0.3, 0.4) is 0 Å². The minimum atomic E-state index is -4.96. The van der Waals surface area contributed by atoms with Crippen molar-refractivity contribution in [2.75, 3.05) is 0 Å². The highest BCUT2D eigenvalue weighted by Gasteiger charge is 2.28. The molecule has 0 aromatic heterocycles. The van der Waals surface area contributed by atoms with Gasteiger partial charge in [-0.3, -0.25) is 13.7 Å². The number of rotatable bonds is 5. The molecular formula is C20H16O9S3. The Morgan fingerprint density at radius 3 is 1.78 bits per heavy atom. The second-order valence-corrected chi connectivity index (χ2v) is 11.7. The van der Waals surface area contributed by atoms with Crippen molar-refractivity contribution in [1.82, 2.24) is 0 Å². The van der Waals surface area contributed by atoms with Crippen LogP contribution in [0.4, 0.5) is 0 Å². The zero-order chi connectivity index (χ0) is 23.8. The van der Waals surface area contributed by atoms with Crippen LogP contribution >= 0.6 is 0 Å². The molecule has 4 rings (SSSR count). The van der Waals surface area contributed by atoms with Crippen LogP contribution in [-0.2, 0) is 36.8 Å². The van der Waals surface area contributed by atoms with E-state index >= 15 is 0 Å². The lowest BCUT2D eigenvalue weighted by molar-refractivity contribution is 0.480. The van der Waals surface area contributed by atoms with E-state index in [0.717, 1.165) is 0 Å². The average molecular weight is 497 g/mol. The summed E-state index contributed by atoms with van der Waals surface area (Å²) in [7, 11) is -14.6. The van der Waals surface area contributed by atoms with Crippen molar-refractivity contribution in [3.8, 4) is 0 Å². The molecule has 0 amide bonds. The smallest absolute Gasteiger partial charge is 0.282 e. The van der Waals surface area contributed by atoms with Crippen LogP contribution in [0.1, 0.15) is 12.5 Å². The van der Waals surface area contributed by atoms with Crippen LogP contribution in [-0.4, -0.2) is 38.9 Å². The fourth-order valence-corrected chi connectivity index (χ4v) is 6.32. The van der Waals surface area contributed by atoms with Gasteiger partial charge in [0.15, 0.2) is 0 Å². The molecule has 0 unspecified atom stereocenters. The molecule has 4 aromatic carbocycles. The molecule has 0 atom stereocenters. The molecule has 0 saturated carbocycles. The van der Waals surface area contributed by atoms with Crippen molar-refractivity contribution in [2.45, 2.75) is 28.0 Å². The second kappa shape index (κ2) is 6.94. The lowest BCUT2D eigenvalue weighted by atomic mass is 9.89. The summed E-state index contributed by atoms with van der Waals surface area (Å²) in [6, 6.07) is 7.34.